The van der Waals surface area contributed by atoms with Crippen LogP contribution in [-0.4, -0.2) is 10.8 Å². The first kappa shape index (κ1) is 14.2. The summed E-state index contributed by atoms with van der Waals surface area (Å²) in [7, 11) is 0. The minimum absolute atomic E-state index is 0.0148. The van der Waals surface area contributed by atoms with Gasteiger partial charge in [-0.05, 0) is 18.9 Å². The third kappa shape index (κ3) is 3.55. The third-order valence-corrected chi connectivity index (χ3v) is 2.86. The Balaban J connectivity index is 2.86. The van der Waals surface area contributed by atoms with Gasteiger partial charge in [-0.3, -0.25) is 14.9 Å². The third-order valence-electron chi connectivity index (χ3n) is 2.86. The SMILES string of the molecule is CCC[C@@H](C)C(=O)Nc1cc([N+](=O)[O-])ccc1C. The Labute approximate surface area is 106 Å². The predicted octanol–water partition coefficient (Wildman–Crippen LogP) is 3.28. The van der Waals surface area contributed by atoms with E-state index < -0.39 is 4.92 Å². The van der Waals surface area contributed by atoms with Crippen LogP contribution < -0.4 is 5.32 Å². The van der Waals surface area contributed by atoms with Crippen LogP contribution in [0.25, 0.3) is 0 Å². The molecule has 0 aliphatic heterocycles. The Bertz CT molecular complexity index is 458. The van der Waals surface area contributed by atoms with Crippen LogP contribution in [0.15, 0.2) is 18.2 Å². The molecule has 98 valence electrons. The standard InChI is InChI=1S/C13H18N2O3/c1-4-5-10(3)13(16)14-12-8-11(15(17)18)7-6-9(12)2/h6-8,10H,4-5H2,1-3H3,(H,14,16)/t10-/m1/s1. The molecule has 1 N–H and O–H groups in total. The number of carbonyl (C=O) groups excluding carboxylic acids is 1. The van der Waals surface area contributed by atoms with E-state index in [1.165, 1.54) is 12.1 Å². The van der Waals surface area contributed by atoms with E-state index >= 15 is 0 Å². The lowest BCUT2D eigenvalue weighted by Crippen LogP contribution is -2.20. The van der Waals surface area contributed by atoms with Crippen molar-refractivity contribution in [2.75, 3.05) is 5.32 Å². The lowest BCUT2D eigenvalue weighted by molar-refractivity contribution is -0.384. The highest BCUT2D eigenvalue weighted by Crippen LogP contribution is 2.22. The molecule has 0 saturated carbocycles. The van der Waals surface area contributed by atoms with Crippen LogP contribution in [0.4, 0.5) is 11.4 Å². The van der Waals surface area contributed by atoms with Crippen LogP contribution in [-0.2, 0) is 4.79 Å². The summed E-state index contributed by atoms with van der Waals surface area (Å²) in [4.78, 5) is 22.1. The largest absolute Gasteiger partial charge is 0.325 e. The van der Waals surface area contributed by atoms with Crippen molar-refractivity contribution in [3.8, 4) is 0 Å². The maximum Gasteiger partial charge on any atom is 0.271 e. The van der Waals surface area contributed by atoms with Gasteiger partial charge in [-0.15, -0.1) is 0 Å². The number of aryl methyl sites for hydroxylation is 1. The summed E-state index contributed by atoms with van der Waals surface area (Å²) in [5.74, 6) is -0.186. The number of hydrogen-bond acceptors (Lipinski definition) is 3. The normalized spacial score (nSPS) is 11.9. The van der Waals surface area contributed by atoms with Gasteiger partial charge in [0.05, 0.1) is 10.6 Å². The lowest BCUT2D eigenvalue weighted by Gasteiger charge is -2.12. The van der Waals surface area contributed by atoms with E-state index in [1.807, 2.05) is 20.8 Å². The van der Waals surface area contributed by atoms with Gasteiger partial charge in [-0.25, -0.2) is 0 Å². The van der Waals surface area contributed by atoms with E-state index in [2.05, 4.69) is 5.32 Å². The predicted molar refractivity (Wildman–Crippen MR) is 70.5 cm³/mol. The Morgan fingerprint density at radius 2 is 2.17 bits per heavy atom. The highest BCUT2D eigenvalue weighted by Gasteiger charge is 2.15. The maximum absolute atomic E-state index is 11.9. The Kier molecular flexibility index (Phi) is 4.83. The fourth-order valence-corrected chi connectivity index (χ4v) is 1.68. The number of rotatable bonds is 5. The Hall–Kier alpha value is -1.91. The monoisotopic (exact) mass is 250 g/mol. The summed E-state index contributed by atoms with van der Waals surface area (Å²) in [5, 5.41) is 13.4. The van der Waals surface area contributed by atoms with Gasteiger partial charge in [0.15, 0.2) is 0 Å². The highest BCUT2D eigenvalue weighted by atomic mass is 16.6. The van der Waals surface area contributed by atoms with Crippen molar-refractivity contribution in [1.29, 1.82) is 0 Å². The lowest BCUT2D eigenvalue weighted by atomic mass is 10.0. The number of benzene rings is 1. The molecule has 0 radical (unpaired) electrons. The van der Waals surface area contributed by atoms with Crippen molar-refractivity contribution < 1.29 is 9.72 Å². The number of nitrogens with zero attached hydrogens (tertiary/aromatic N) is 1. The summed E-state index contributed by atoms with van der Waals surface area (Å²) in [5.41, 5.74) is 1.31. The van der Waals surface area contributed by atoms with Crippen molar-refractivity contribution in [3.05, 3.63) is 33.9 Å². The molecular weight excluding hydrogens is 232 g/mol. The molecular formula is C13H18N2O3. The molecule has 0 heterocycles. The molecule has 1 amide bonds. The molecule has 1 atom stereocenters. The van der Waals surface area contributed by atoms with Crippen LogP contribution in [0, 0.1) is 23.0 Å². The van der Waals surface area contributed by atoms with Gasteiger partial charge in [-0.1, -0.05) is 26.3 Å². The van der Waals surface area contributed by atoms with E-state index in [1.54, 1.807) is 6.07 Å². The molecule has 0 saturated heterocycles. The number of non-ortho nitro benzene ring substituents is 1. The topological polar surface area (TPSA) is 72.2 Å². The molecule has 0 aliphatic rings. The van der Waals surface area contributed by atoms with Gasteiger partial charge in [0.1, 0.15) is 0 Å². The summed E-state index contributed by atoms with van der Waals surface area (Å²) >= 11 is 0. The summed E-state index contributed by atoms with van der Waals surface area (Å²) < 4.78 is 0. The fraction of sp³-hybridized carbons (Fsp3) is 0.462. The average molecular weight is 250 g/mol. The van der Waals surface area contributed by atoms with Gasteiger partial charge in [0.2, 0.25) is 5.91 Å². The molecule has 5 heteroatoms. The van der Waals surface area contributed by atoms with Gasteiger partial charge in [0.25, 0.3) is 5.69 Å². The first-order chi connectivity index (χ1) is 8.45. The molecule has 0 aliphatic carbocycles. The quantitative estimate of drug-likeness (QED) is 0.643. The van der Waals surface area contributed by atoms with Crippen LogP contribution in [0.3, 0.4) is 0 Å². The van der Waals surface area contributed by atoms with Crippen molar-refractivity contribution >= 4 is 17.3 Å². The number of amides is 1. The van der Waals surface area contributed by atoms with E-state index in [4.69, 9.17) is 0 Å². The molecule has 0 unspecified atom stereocenters. The van der Waals surface area contributed by atoms with Gasteiger partial charge in [-0.2, -0.15) is 0 Å². The summed E-state index contributed by atoms with van der Waals surface area (Å²) in [6, 6.07) is 4.46. The maximum atomic E-state index is 11.9. The van der Waals surface area contributed by atoms with Crippen LogP contribution in [0.1, 0.15) is 32.3 Å². The second-order valence-electron chi connectivity index (χ2n) is 4.44. The minimum atomic E-state index is -0.468. The first-order valence-corrected chi connectivity index (χ1v) is 6.01. The molecule has 18 heavy (non-hydrogen) atoms. The van der Waals surface area contributed by atoms with E-state index in [-0.39, 0.29) is 17.5 Å². The van der Waals surface area contributed by atoms with Crippen LogP contribution >= 0.6 is 0 Å². The molecule has 1 rings (SSSR count). The molecule has 5 nitrogen and oxygen atoms in total. The second-order valence-corrected chi connectivity index (χ2v) is 4.44. The van der Waals surface area contributed by atoms with Gasteiger partial charge in [0, 0.05) is 18.1 Å². The first-order valence-electron chi connectivity index (χ1n) is 6.01. The number of nitrogens with one attached hydrogen (secondary N) is 1. The van der Waals surface area contributed by atoms with Crippen LogP contribution in [0.2, 0.25) is 0 Å². The number of carbonyl (C=O) groups is 1. The van der Waals surface area contributed by atoms with Crippen molar-refractivity contribution in [2.24, 2.45) is 5.92 Å². The van der Waals surface area contributed by atoms with Crippen molar-refractivity contribution in [2.45, 2.75) is 33.6 Å². The Morgan fingerprint density at radius 1 is 1.50 bits per heavy atom. The minimum Gasteiger partial charge on any atom is -0.325 e. The zero-order chi connectivity index (χ0) is 13.7. The van der Waals surface area contributed by atoms with Crippen molar-refractivity contribution in [1.82, 2.24) is 0 Å². The Morgan fingerprint density at radius 3 is 2.72 bits per heavy atom. The fourth-order valence-electron chi connectivity index (χ4n) is 1.68. The van der Waals surface area contributed by atoms with Gasteiger partial charge >= 0.3 is 0 Å². The average Bonchev–Trinajstić information content (AvgIpc) is 2.31. The molecule has 0 spiro atoms. The van der Waals surface area contributed by atoms with E-state index in [9.17, 15) is 14.9 Å². The summed E-state index contributed by atoms with van der Waals surface area (Å²) in [6.07, 6.45) is 1.74. The van der Waals surface area contributed by atoms with E-state index in [0.717, 1.165) is 18.4 Å². The zero-order valence-corrected chi connectivity index (χ0v) is 10.9. The molecule has 1 aromatic rings. The number of nitro benzene ring substituents is 1. The summed E-state index contributed by atoms with van der Waals surface area (Å²) in [6.45, 7) is 5.68. The van der Waals surface area contributed by atoms with E-state index in [0.29, 0.717) is 5.69 Å². The molecule has 1 aromatic carbocycles. The zero-order valence-electron chi connectivity index (χ0n) is 10.9. The smallest absolute Gasteiger partial charge is 0.271 e. The molecule has 0 fully saturated rings. The molecule has 0 bridgehead atoms. The van der Waals surface area contributed by atoms with Crippen LogP contribution in [0.5, 0.6) is 0 Å². The van der Waals surface area contributed by atoms with Crippen molar-refractivity contribution in [3.63, 3.8) is 0 Å². The van der Waals surface area contributed by atoms with Gasteiger partial charge < -0.3 is 5.32 Å². The number of nitro groups is 1. The highest BCUT2D eigenvalue weighted by molar-refractivity contribution is 5.93. The molecule has 0 aromatic heterocycles. The number of hydrogen-bond donors (Lipinski definition) is 1. The number of anilines is 1. The second kappa shape index (κ2) is 6.14.